The van der Waals surface area contributed by atoms with Gasteiger partial charge >= 0.3 is 0 Å². The van der Waals surface area contributed by atoms with E-state index in [1.165, 1.54) is 6.07 Å². The summed E-state index contributed by atoms with van der Waals surface area (Å²) in [6, 6.07) is 6.62. The number of nitrogens with one attached hydrogen (secondary N) is 1. The molecule has 1 heterocycles. The van der Waals surface area contributed by atoms with Crippen LogP contribution in [-0.4, -0.2) is 36.1 Å². The molecule has 0 aliphatic carbocycles. The van der Waals surface area contributed by atoms with Gasteiger partial charge in [-0.05, 0) is 12.1 Å². The molecule has 1 aromatic heterocycles. The maximum absolute atomic E-state index is 11.7. The van der Waals surface area contributed by atoms with Gasteiger partial charge in [-0.3, -0.25) is 4.68 Å². The summed E-state index contributed by atoms with van der Waals surface area (Å²) in [7, 11) is -1.54. The minimum atomic E-state index is -3.30. The van der Waals surface area contributed by atoms with Gasteiger partial charge in [0.05, 0.1) is 22.9 Å². The van der Waals surface area contributed by atoms with E-state index in [1.807, 2.05) is 0 Å². The number of aliphatic hydroxyl groups excluding tert-OH is 1. The number of rotatable bonds is 5. The van der Waals surface area contributed by atoms with Gasteiger partial charge in [-0.2, -0.15) is 5.10 Å². The third kappa shape index (κ3) is 3.37. The number of aryl methyl sites for hydroxylation is 1. The molecular weight excluding hydrogens is 278 g/mol. The minimum Gasteiger partial charge on any atom is -0.386 e. The SMILES string of the molecule is Cn1cc(C(O)CNc2ccccc2S(C)(=O)=O)cn1. The normalized spacial score (nSPS) is 13.2. The Morgan fingerprint density at radius 1 is 1.40 bits per heavy atom. The molecule has 2 aromatic rings. The van der Waals surface area contributed by atoms with E-state index in [0.29, 0.717) is 11.3 Å². The van der Waals surface area contributed by atoms with E-state index in [0.717, 1.165) is 6.26 Å². The van der Waals surface area contributed by atoms with Crippen LogP contribution in [0.3, 0.4) is 0 Å². The molecule has 0 saturated heterocycles. The maximum Gasteiger partial charge on any atom is 0.177 e. The Bertz CT molecular complexity index is 694. The molecule has 2 N–H and O–H groups in total. The van der Waals surface area contributed by atoms with E-state index >= 15 is 0 Å². The molecule has 0 aliphatic heterocycles. The van der Waals surface area contributed by atoms with Crippen molar-refractivity contribution in [1.82, 2.24) is 9.78 Å². The van der Waals surface area contributed by atoms with Gasteiger partial charge in [-0.1, -0.05) is 12.1 Å². The molecule has 20 heavy (non-hydrogen) atoms. The van der Waals surface area contributed by atoms with E-state index < -0.39 is 15.9 Å². The van der Waals surface area contributed by atoms with Gasteiger partial charge in [0.2, 0.25) is 0 Å². The van der Waals surface area contributed by atoms with Gasteiger partial charge in [-0.25, -0.2) is 8.42 Å². The molecule has 0 aliphatic rings. The average Bonchev–Trinajstić information content (AvgIpc) is 2.82. The predicted molar refractivity (Wildman–Crippen MR) is 76.2 cm³/mol. The number of benzene rings is 1. The molecule has 0 radical (unpaired) electrons. The minimum absolute atomic E-state index is 0.207. The smallest absolute Gasteiger partial charge is 0.177 e. The summed E-state index contributed by atoms with van der Waals surface area (Å²) in [5.74, 6) is 0. The van der Waals surface area contributed by atoms with E-state index in [1.54, 1.807) is 42.3 Å². The molecule has 6 nitrogen and oxygen atoms in total. The summed E-state index contributed by atoms with van der Waals surface area (Å²) in [6.45, 7) is 0.207. The summed E-state index contributed by atoms with van der Waals surface area (Å²) >= 11 is 0. The zero-order chi connectivity index (χ0) is 14.8. The second-order valence-electron chi connectivity index (χ2n) is 4.61. The van der Waals surface area contributed by atoms with Crippen LogP contribution in [0, 0.1) is 0 Å². The number of aliphatic hydroxyl groups is 1. The molecule has 1 aromatic carbocycles. The van der Waals surface area contributed by atoms with Gasteiger partial charge < -0.3 is 10.4 Å². The van der Waals surface area contributed by atoms with Gasteiger partial charge in [0.25, 0.3) is 0 Å². The van der Waals surface area contributed by atoms with Gasteiger partial charge in [0.15, 0.2) is 9.84 Å². The van der Waals surface area contributed by atoms with Crippen LogP contribution >= 0.6 is 0 Å². The van der Waals surface area contributed by atoms with Crippen LogP contribution in [0.15, 0.2) is 41.6 Å². The molecule has 1 unspecified atom stereocenters. The van der Waals surface area contributed by atoms with E-state index in [2.05, 4.69) is 10.4 Å². The molecular formula is C13H17N3O3S. The zero-order valence-corrected chi connectivity index (χ0v) is 12.1. The van der Waals surface area contributed by atoms with Crippen LogP contribution in [0.25, 0.3) is 0 Å². The molecule has 2 rings (SSSR count). The number of hydrogen-bond donors (Lipinski definition) is 2. The number of hydrogen-bond acceptors (Lipinski definition) is 5. The van der Waals surface area contributed by atoms with E-state index in [4.69, 9.17) is 0 Å². The lowest BCUT2D eigenvalue weighted by molar-refractivity contribution is 0.191. The average molecular weight is 295 g/mol. The van der Waals surface area contributed by atoms with Gasteiger partial charge in [0, 0.05) is 31.6 Å². The second kappa shape index (κ2) is 5.64. The van der Waals surface area contributed by atoms with Crippen molar-refractivity contribution in [2.24, 2.45) is 7.05 Å². The second-order valence-corrected chi connectivity index (χ2v) is 6.60. The topological polar surface area (TPSA) is 84.2 Å². The molecule has 0 spiro atoms. The number of nitrogens with zero attached hydrogens (tertiary/aromatic N) is 2. The maximum atomic E-state index is 11.7. The fourth-order valence-electron chi connectivity index (χ4n) is 1.87. The lowest BCUT2D eigenvalue weighted by Gasteiger charge is -2.13. The van der Waals surface area contributed by atoms with Crippen LogP contribution < -0.4 is 5.32 Å². The molecule has 0 bridgehead atoms. The highest BCUT2D eigenvalue weighted by atomic mass is 32.2. The summed E-state index contributed by atoms with van der Waals surface area (Å²) in [5, 5.41) is 17.0. The van der Waals surface area contributed by atoms with E-state index in [9.17, 15) is 13.5 Å². The fourth-order valence-corrected chi connectivity index (χ4v) is 2.74. The van der Waals surface area contributed by atoms with Crippen LogP contribution in [-0.2, 0) is 16.9 Å². The molecule has 1 atom stereocenters. The fraction of sp³-hybridized carbons (Fsp3) is 0.308. The Kier molecular flexibility index (Phi) is 4.10. The largest absolute Gasteiger partial charge is 0.386 e. The van der Waals surface area contributed by atoms with Gasteiger partial charge in [-0.15, -0.1) is 0 Å². The lowest BCUT2D eigenvalue weighted by atomic mass is 10.2. The summed E-state index contributed by atoms with van der Waals surface area (Å²) in [5.41, 5.74) is 1.16. The van der Waals surface area contributed by atoms with Crippen molar-refractivity contribution in [1.29, 1.82) is 0 Å². The monoisotopic (exact) mass is 295 g/mol. The quantitative estimate of drug-likeness (QED) is 0.858. The van der Waals surface area contributed by atoms with Crippen molar-refractivity contribution < 1.29 is 13.5 Å². The zero-order valence-electron chi connectivity index (χ0n) is 11.3. The third-order valence-corrected chi connectivity index (χ3v) is 4.04. The number of anilines is 1. The van der Waals surface area contributed by atoms with Crippen molar-refractivity contribution in [3.05, 3.63) is 42.2 Å². The molecule has 0 fully saturated rings. The molecule has 108 valence electrons. The predicted octanol–water partition coefficient (Wildman–Crippen LogP) is 0.969. The van der Waals surface area contributed by atoms with Crippen molar-refractivity contribution >= 4 is 15.5 Å². The molecule has 0 amide bonds. The van der Waals surface area contributed by atoms with E-state index in [-0.39, 0.29) is 11.4 Å². The molecule has 0 saturated carbocycles. The first-order chi connectivity index (χ1) is 9.38. The number of aromatic nitrogens is 2. The first-order valence-electron chi connectivity index (χ1n) is 6.07. The Morgan fingerprint density at radius 2 is 2.10 bits per heavy atom. The summed E-state index contributed by atoms with van der Waals surface area (Å²) in [6.07, 6.45) is 3.70. The first-order valence-corrected chi connectivity index (χ1v) is 7.96. The Balaban J connectivity index is 2.12. The van der Waals surface area contributed by atoms with Gasteiger partial charge in [0.1, 0.15) is 0 Å². The van der Waals surface area contributed by atoms with Crippen LogP contribution in [0.1, 0.15) is 11.7 Å². The van der Waals surface area contributed by atoms with Crippen molar-refractivity contribution in [2.45, 2.75) is 11.0 Å². The van der Waals surface area contributed by atoms with Crippen LogP contribution in [0.5, 0.6) is 0 Å². The van der Waals surface area contributed by atoms with Crippen molar-refractivity contribution in [3.63, 3.8) is 0 Å². The van der Waals surface area contributed by atoms with Crippen molar-refractivity contribution in [3.8, 4) is 0 Å². The third-order valence-electron chi connectivity index (χ3n) is 2.88. The molecule has 7 heteroatoms. The Morgan fingerprint density at radius 3 is 2.70 bits per heavy atom. The van der Waals surface area contributed by atoms with Crippen LogP contribution in [0.4, 0.5) is 5.69 Å². The van der Waals surface area contributed by atoms with Crippen LogP contribution in [0.2, 0.25) is 0 Å². The standard InChI is InChI=1S/C13H17N3O3S/c1-16-9-10(7-15-16)12(17)8-14-11-5-3-4-6-13(11)20(2,18)19/h3-7,9,12,14,17H,8H2,1-2H3. The highest BCUT2D eigenvalue weighted by Crippen LogP contribution is 2.21. The lowest BCUT2D eigenvalue weighted by Crippen LogP contribution is -2.13. The summed E-state index contributed by atoms with van der Waals surface area (Å²) < 4.78 is 24.9. The first kappa shape index (κ1) is 14.5. The highest BCUT2D eigenvalue weighted by Gasteiger charge is 2.14. The number of para-hydroxylation sites is 1. The Labute approximate surface area is 118 Å². The Hall–Kier alpha value is -1.86. The number of sulfone groups is 1. The highest BCUT2D eigenvalue weighted by molar-refractivity contribution is 7.90. The summed E-state index contributed by atoms with van der Waals surface area (Å²) in [4.78, 5) is 0.221. The van der Waals surface area contributed by atoms with Crippen molar-refractivity contribution in [2.75, 3.05) is 18.1 Å².